The maximum Gasteiger partial charge on any atom is 0.325 e. The predicted octanol–water partition coefficient (Wildman–Crippen LogP) is 0.681. The number of piperazine rings is 1. The molecule has 5 nitrogen and oxygen atoms in total. The number of esters is 1. The van der Waals surface area contributed by atoms with Gasteiger partial charge in [-0.1, -0.05) is 0 Å². The monoisotopic (exact) mass is 271 g/mol. The van der Waals surface area contributed by atoms with Crippen LogP contribution in [0.3, 0.4) is 0 Å². The summed E-state index contributed by atoms with van der Waals surface area (Å²) in [7, 11) is 2.17. The lowest BCUT2D eigenvalue weighted by Gasteiger charge is -2.43. The van der Waals surface area contributed by atoms with Crippen LogP contribution in [0.1, 0.15) is 34.1 Å². The van der Waals surface area contributed by atoms with Crippen molar-refractivity contribution in [2.45, 2.75) is 51.7 Å². The fraction of sp³-hybridized carbons (Fsp3) is 0.929. The maximum absolute atomic E-state index is 11.7. The molecule has 3 atom stereocenters. The molecule has 1 aliphatic rings. The predicted molar refractivity (Wildman–Crippen MR) is 77.0 cm³/mol. The van der Waals surface area contributed by atoms with Gasteiger partial charge in [0.25, 0.3) is 0 Å². The molecule has 1 fully saturated rings. The second-order valence-corrected chi connectivity index (χ2v) is 6.01. The van der Waals surface area contributed by atoms with Gasteiger partial charge in [0, 0.05) is 31.7 Å². The van der Waals surface area contributed by atoms with E-state index in [1.54, 1.807) is 13.8 Å². The van der Waals surface area contributed by atoms with Gasteiger partial charge in [-0.2, -0.15) is 0 Å². The van der Waals surface area contributed by atoms with Crippen LogP contribution in [0.15, 0.2) is 0 Å². The Morgan fingerprint density at radius 2 is 1.89 bits per heavy atom. The maximum atomic E-state index is 11.7. The Labute approximate surface area is 117 Å². The third-order valence-electron chi connectivity index (χ3n) is 4.12. The van der Waals surface area contributed by atoms with Crippen molar-refractivity contribution in [3.05, 3.63) is 0 Å². The van der Waals surface area contributed by atoms with E-state index < -0.39 is 5.54 Å². The topological polar surface area (TPSA) is 58.8 Å². The van der Waals surface area contributed by atoms with Crippen LogP contribution in [-0.2, 0) is 9.53 Å². The van der Waals surface area contributed by atoms with Crippen molar-refractivity contribution in [3.63, 3.8) is 0 Å². The van der Waals surface area contributed by atoms with Crippen molar-refractivity contribution in [1.82, 2.24) is 9.80 Å². The standard InChI is InChI=1S/C14H29N3O2/c1-6-19-13(18)14(4,15)7-8-17-9-11(2)16(5)12(3)10-17/h11-12H,6-10,15H2,1-5H3. The third-order valence-corrected chi connectivity index (χ3v) is 4.12. The normalized spacial score (nSPS) is 28.9. The van der Waals surface area contributed by atoms with E-state index in [4.69, 9.17) is 10.5 Å². The molecule has 0 aromatic carbocycles. The molecular weight excluding hydrogens is 242 g/mol. The number of likely N-dealkylation sites (N-methyl/N-ethyl adjacent to an activating group) is 1. The molecule has 1 heterocycles. The number of rotatable bonds is 5. The van der Waals surface area contributed by atoms with Crippen LogP contribution < -0.4 is 5.73 Å². The molecule has 0 saturated carbocycles. The fourth-order valence-corrected chi connectivity index (χ4v) is 2.48. The van der Waals surface area contributed by atoms with Gasteiger partial charge in [0.15, 0.2) is 0 Å². The molecule has 3 unspecified atom stereocenters. The van der Waals surface area contributed by atoms with E-state index in [9.17, 15) is 4.79 Å². The molecule has 0 bridgehead atoms. The van der Waals surface area contributed by atoms with Gasteiger partial charge in [0.2, 0.25) is 0 Å². The lowest BCUT2D eigenvalue weighted by atomic mass is 9.98. The summed E-state index contributed by atoms with van der Waals surface area (Å²) in [6.45, 7) is 11.3. The van der Waals surface area contributed by atoms with Crippen LogP contribution in [0.25, 0.3) is 0 Å². The van der Waals surface area contributed by atoms with E-state index in [2.05, 4.69) is 30.7 Å². The molecule has 5 heteroatoms. The van der Waals surface area contributed by atoms with E-state index >= 15 is 0 Å². The molecule has 0 spiro atoms. The van der Waals surface area contributed by atoms with Gasteiger partial charge in [-0.05, 0) is 41.2 Å². The van der Waals surface area contributed by atoms with Gasteiger partial charge in [-0.25, -0.2) is 0 Å². The second-order valence-electron chi connectivity index (χ2n) is 6.01. The Hall–Kier alpha value is -0.650. The molecule has 19 heavy (non-hydrogen) atoms. The molecule has 0 aliphatic carbocycles. The lowest BCUT2D eigenvalue weighted by Crippen LogP contribution is -2.56. The molecular formula is C14H29N3O2. The van der Waals surface area contributed by atoms with Crippen LogP contribution in [0.4, 0.5) is 0 Å². The van der Waals surface area contributed by atoms with Crippen molar-refractivity contribution >= 4 is 5.97 Å². The van der Waals surface area contributed by atoms with E-state index in [-0.39, 0.29) is 5.97 Å². The zero-order chi connectivity index (χ0) is 14.6. The van der Waals surface area contributed by atoms with E-state index in [1.807, 2.05) is 0 Å². The van der Waals surface area contributed by atoms with Crippen molar-refractivity contribution in [2.75, 3.05) is 33.3 Å². The summed E-state index contributed by atoms with van der Waals surface area (Å²) in [4.78, 5) is 16.5. The first kappa shape index (κ1) is 16.4. The summed E-state index contributed by atoms with van der Waals surface area (Å²) in [5, 5.41) is 0. The van der Waals surface area contributed by atoms with Crippen LogP contribution >= 0.6 is 0 Å². The first-order valence-electron chi connectivity index (χ1n) is 7.18. The van der Waals surface area contributed by atoms with Gasteiger partial charge in [0.05, 0.1) is 6.61 Å². The van der Waals surface area contributed by atoms with Crippen LogP contribution in [-0.4, -0.2) is 66.7 Å². The molecule has 0 aromatic heterocycles. The van der Waals surface area contributed by atoms with Gasteiger partial charge in [-0.15, -0.1) is 0 Å². The quantitative estimate of drug-likeness (QED) is 0.745. The average Bonchev–Trinajstić information content (AvgIpc) is 2.33. The molecule has 0 amide bonds. The number of carbonyl (C=O) groups excluding carboxylic acids is 1. The van der Waals surface area contributed by atoms with Crippen molar-refractivity contribution in [2.24, 2.45) is 5.73 Å². The van der Waals surface area contributed by atoms with Gasteiger partial charge in [-0.3, -0.25) is 9.69 Å². The van der Waals surface area contributed by atoms with E-state index in [0.29, 0.717) is 25.1 Å². The Bertz CT molecular complexity index is 295. The smallest absolute Gasteiger partial charge is 0.325 e. The highest BCUT2D eigenvalue weighted by atomic mass is 16.5. The minimum atomic E-state index is -0.883. The molecule has 1 aliphatic heterocycles. The van der Waals surface area contributed by atoms with Crippen LogP contribution in [0.5, 0.6) is 0 Å². The van der Waals surface area contributed by atoms with Crippen molar-refractivity contribution in [3.8, 4) is 0 Å². The average molecular weight is 271 g/mol. The summed E-state index contributed by atoms with van der Waals surface area (Å²) < 4.78 is 5.02. The molecule has 0 aromatic rings. The minimum Gasteiger partial charge on any atom is -0.465 e. The van der Waals surface area contributed by atoms with Crippen molar-refractivity contribution < 1.29 is 9.53 Å². The Morgan fingerprint density at radius 3 is 2.37 bits per heavy atom. The third kappa shape index (κ3) is 4.44. The summed E-state index contributed by atoms with van der Waals surface area (Å²) in [6, 6.07) is 1.07. The molecule has 112 valence electrons. The highest BCUT2D eigenvalue weighted by Crippen LogP contribution is 2.16. The number of carbonyl (C=O) groups is 1. The van der Waals surface area contributed by atoms with E-state index in [1.165, 1.54) is 0 Å². The van der Waals surface area contributed by atoms with Crippen LogP contribution in [0.2, 0.25) is 0 Å². The summed E-state index contributed by atoms with van der Waals surface area (Å²) in [5.74, 6) is -0.301. The highest BCUT2D eigenvalue weighted by Gasteiger charge is 2.32. The first-order chi connectivity index (χ1) is 8.77. The number of nitrogens with two attached hydrogens (primary N) is 1. The molecule has 2 N–H and O–H groups in total. The molecule has 1 rings (SSSR count). The fourth-order valence-electron chi connectivity index (χ4n) is 2.48. The SMILES string of the molecule is CCOC(=O)C(C)(N)CCN1CC(C)N(C)C(C)C1. The first-order valence-corrected chi connectivity index (χ1v) is 7.18. The van der Waals surface area contributed by atoms with Crippen LogP contribution in [0, 0.1) is 0 Å². The largest absolute Gasteiger partial charge is 0.465 e. The number of hydrogen-bond acceptors (Lipinski definition) is 5. The van der Waals surface area contributed by atoms with Crippen molar-refractivity contribution in [1.29, 1.82) is 0 Å². The van der Waals surface area contributed by atoms with E-state index in [0.717, 1.165) is 19.6 Å². The highest BCUT2D eigenvalue weighted by molar-refractivity contribution is 5.79. The lowest BCUT2D eigenvalue weighted by molar-refractivity contribution is -0.149. The minimum absolute atomic E-state index is 0.301. The van der Waals surface area contributed by atoms with Gasteiger partial charge < -0.3 is 15.4 Å². The number of hydrogen-bond donors (Lipinski definition) is 1. The zero-order valence-electron chi connectivity index (χ0n) is 13.0. The summed E-state index contributed by atoms with van der Waals surface area (Å²) in [5.41, 5.74) is 5.17. The Balaban J connectivity index is 2.46. The number of nitrogens with zero attached hydrogens (tertiary/aromatic N) is 2. The van der Waals surface area contributed by atoms with Gasteiger partial charge in [0.1, 0.15) is 5.54 Å². The molecule has 0 radical (unpaired) electrons. The zero-order valence-corrected chi connectivity index (χ0v) is 13.0. The number of ether oxygens (including phenoxy) is 1. The Morgan fingerprint density at radius 1 is 1.37 bits per heavy atom. The van der Waals surface area contributed by atoms with Gasteiger partial charge >= 0.3 is 5.97 Å². The molecule has 1 saturated heterocycles. The Kier molecular flexibility index (Phi) is 5.77. The summed E-state index contributed by atoms with van der Waals surface area (Å²) in [6.07, 6.45) is 0.634. The second kappa shape index (κ2) is 6.68. The summed E-state index contributed by atoms with van der Waals surface area (Å²) >= 11 is 0.